The van der Waals surface area contributed by atoms with Gasteiger partial charge in [0.05, 0.1) is 16.0 Å². The van der Waals surface area contributed by atoms with Crippen molar-refractivity contribution in [1.29, 1.82) is 0 Å². The first-order chi connectivity index (χ1) is 15.3. The molecule has 2 aromatic carbocycles. The maximum atomic E-state index is 12.8. The highest BCUT2D eigenvalue weighted by atomic mass is 32.2. The number of hydrogen-bond acceptors (Lipinski definition) is 5. The second kappa shape index (κ2) is 8.84. The molecular weight excluding hydrogens is 430 g/mol. The van der Waals surface area contributed by atoms with E-state index in [0.29, 0.717) is 35.8 Å². The largest absolute Gasteiger partial charge is 0.326 e. The lowest BCUT2D eigenvalue weighted by molar-refractivity contribution is -0.116. The van der Waals surface area contributed by atoms with E-state index in [0.717, 1.165) is 17.7 Å². The topological polar surface area (TPSA) is 104 Å². The maximum Gasteiger partial charge on any atom is 0.261 e. The molecule has 1 atom stereocenters. The Morgan fingerprint density at radius 3 is 2.25 bits per heavy atom. The molecule has 0 bridgehead atoms. The summed E-state index contributed by atoms with van der Waals surface area (Å²) in [6.07, 6.45) is 1.82. The zero-order valence-electron chi connectivity index (χ0n) is 17.8. The summed E-state index contributed by atoms with van der Waals surface area (Å²) in [7, 11) is -3.56. The first-order valence-electron chi connectivity index (χ1n) is 10.6. The van der Waals surface area contributed by atoms with Crippen LogP contribution in [0.3, 0.4) is 0 Å². The molecule has 0 saturated carbocycles. The van der Waals surface area contributed by atoms with Crippen LogP contribution in [0.5, 0.6) is 0 Å². The van der Waals surface area contributed by atoms with Crippen molar-refractivity contribution in [3.05, 3.63) is 59.7 Å². The van der Waals surface area contributed by atoms with Gasteiger partial charge in [0, 0.05) is 31.7 Å². The molecule has 9 heteroatoms. The maximum absolute atomic E-state index is 12.8. The van der Waals surface area contributed by atoms with Crippen LogP contribution in [0.4, 0.5) is 5.69 Å². The van der Waals surface area contributed by atoms with Gasteiger partial charge < -0.3 is 5.32 Å². The van der Waals surface area contributed by atoms with E-state index >= 15 is 0 Å². The molecule has 0 spiro atoms. The van der Waals surface area contributed by atoms with Crippen molar-refractivity contribution >= 4 is 33.4 Å². The molecule has 2 heterocycles. The van der Waals surface area contributed by atoms with Crippen LogP contribution in [-0.4, -0.2) is 55.0 Å². The van der Waals surface area contributed by atoms with Crippen molar-refractivity contribution in [3.63, 3.8) is 0 Å². The van der Waals surface area contributed by atoms with Crippen molar-refractivity contribution in [2.24, 2.45) is 5.92 Å². The Kier molecular flexibility index (Phi) is 6.12. The van der Waals surface area contributed by atoms with Crippen molar-refractivity contribution in [2.45, 2.75) is 31.1 Å². The molecule has 3 amide bonds. The number of anilines is 1. The summed E-state index contributed by atoms with van der Waals surface area (Å²) < 4.78 is 27.2. The van der Waals surface area contributed by atoms with Gasteiger partial charge in [0.2, 0.25) is 15.9 Å². The van der Waals surface area contributed by atoms with E-state index in [2.05, 4.69) is 5.32 Å². The van der Waals surface area contributed by atoms with Gasteiger partial charge in [-0.1, -0.05) is 19.1 Å². The molecule has 0 aliphatic carbocycles. The molecule has 1 saturated heterocycles. The summed E-state index contributed by atoms with van der Waals surface area (Å²) in [5, 5.41) is 2.69. The predicted molar refractivity (Wildman–Crippen MR) is 119 cm³/mol. The highest BCUT2D eigenvalue weighted by molar-refractivity contribution is 7.89. The van der Waals surface area contributed by atoms with E-state index in [-0.39, 0.29) is 23.8 Å². The molecule has 1 N–H and O–H groups in total. The highest BCUT2D eigenvalue weighted by Gasteiger charge is 2.35. The summed E-state index contributed by atoms with van der Waals surface area (Å²) in [5.41, 5.74) is 1.14. The Morgan fingerprint density at radius 2 is 1.66 bits per heavy atom. The number of rotatable bonds is 6. The van der Waals surface area contributed by atoms with Gasteiger partial charge >= 0.3 is 0 Å². The van der Waals surface area contributed by atoms with E-state index in [4.69, 9.17) is 0 Å². The summed E-state index contributed by atoms with van der Waals surface area (Å²) in [6, 6.07) is 12.6. The predicted octanol–water partition coefficient (Wildman–Crippen LogP) is 2.73. The van der Waals surface area contributed by atoms with Crippen LogP contribution in [0, 0.1) is 5.92 Å². The summed E-state index contributed by atoms with van der Waals surface area (Å²) >= 11 is 0. The number of benzene rings is 2. The SMILES string of the molecule is C[C@@H]1CCCN(S(=O)(=O)c2ccc(NC(=O)CCN3C(=O)c4ccccc4C3=O)cc2)C1. The van der Waals surface area contributed by atoms with Crippen LogP contribution < -0.4 is 5.32 Å². The van der Waals surface area contributed by atoms with Crippen molar-refractivity contribution < 1.29 is 22.8 Å². The molecule has 8 nitrogen and oxygen atoms in total. The Bertz CT molecular complexity index is 1130. The monoisotopic (exact) mass is 455 g/mol. The Morgan fingerprint density at radius 1 is 1.03 bits per heavy atom. The summed E-state index contributed by atoms with van der Waals surface area (Å²) in [6.45, 7) is 3.04. The van der Waals surface area contributed by atoms with E-state index in [1.54, 1.807) is 36.4 Å². The Balaban J connectivity index is 1.34. The van der Waals surface area contributed by atoms with Gasteiger partial charge in [-0.2, -0.15) is 4.31 Å². The molecule has 2 aromatic rings. The number of nitrogens with zero attached hydrogens (tertiary/aromatic N) is 2. The summed E-state index contributed by atoms with van der Waals surface area (Å²) in [4.78, 5) is 38.3. The molecule has 0 aromatic heterocycles. The molecule has 168 valence electrons. The smallest absolute Gasteiger partial charge is 0.261 e. The average Bonchev–Trinajstić information content (AvgIpc) is 3.03. The third-order valence-corrected chi connectivity index (χ3v) is 7.72. The zero-order chi connectivity index (χ0) is 22.9. The first-order valence-corrected chi connectivity index (χ1v) is 12.1. The van der Waals surface area contributed by atoms with E-state index in [1.807, 2.05) is 6.92 Å². The number of nitrogens with one attached hydrogen (secondary N) is 1. The average molecular weight is 456 g/mol. The fourth-order valence-corrected chi connectivity index (χ4v) is 5.70. The Hall–Kier alpha value is -3.04. The number of amides is 3. The van der Waals surface area contributed by atoms with Crippen LogP contribution in [0.25, 0.3) is 0 Å². The first kappa shape index (κ1) is 22.2. The van der Waals surface area contributed by atoms with Gasteiger partial charge in [0.15, 0.2) is 0 Å². The zero-order valence-corrected chi connectivity index (χ0v) is 18.6. The highest BCUT2D eigenvalue weighted by Crippen LogP contribution is 2.25. The van der Waals surface area contributed by atoms with E-state index < -0.39 is 21.8 Å². The molecular formula is C23H25N3O5S. The van der Waals surface area contributed by atoms with Gasteiger partial charge in [-0.05, 0) is 55.2 Å². The quantitative estimate of drug-likeness (QED) is 0.675. The summed E-state index contributed by atoms with van der Waals surface area (Å²) in [5.74, 6) is -0.846. The van der Waals surface area contributed by atoms with Crippen LogP contribution in [0.1, 0.15) is 46.9 Å². The van der Waals surface area contributed by atoms with E-state index in [9.17, 15) is 22.8 Å². The Labute approximate surface area is 187 Å². The van der Waals surface area contributed by atoms with Crippen LogP contribution in [-0.2, 0) is 14.8 Å². The standard InChI is InChI=1S/C23H25N3O5S/c1-16-5-4-13-25(15-16)32(30,31)18-10-8-17(9-11-18)24-21(27)12-14-26-22(28)19-6-2-3-7-20(19)23(26)29/h2-3,6-11,16H,4-5,12-15H2,1H3,(H,24,27)/t16-/m1/s1. The fourth-order valence-electron chi connectivity index (χ4n) is 4.10. The number of piperidine rings is 1. The van der Waals surface area contributed by atoms with Crippen LogP contribution in [0.15, 0.2) is 53.4 Å². The van der Waals surface area contributed by atoms with Gasteiger partial charge in [0.1, 0.15) is 0 Å². The fraction of sp³-hybridized carbons (Fsp3) is 0.348. The van der Waals surface area contributed by atoms with Crippen LogP contribution in [0.2, 0.25) is 0 Å². The van der Waals surface area contributed by atoms with Gasteiger partial charge in [0.25, 0.3) is 11.8 Å². The van der Waals surface area contributed by atoms with Crippen molar-refractivity contribution in [1.82, 2.24) is 9.21 Å². The van der Waals surface area contributed by atoms with Crippen molar-refractivity contribution in [2.75, 3.05) is 25.0 Å². The van der Waals surface area contributed by atoms with Gasteiger partial charge in [-0.3, -0.25) is 19.3 Å². The number of sulfonamides is 1. The molecule has 2 aliphatic heterocycles. The number of carbonyl (C=O) groups excluding carboxylic acids is 3. The molecule has 1 fully saturated rings. The van der Waals surface area contributed by atoms with Gasteiger partial charge in [-0.15, -0.1) is 0 Å². The lowest BCUT2D eigenvalue weighted by Crippen LogP contribution is -2.39. The minimum Gasteiger partial charge on any atom is -0.326 e. The number of imide groups is 1. The molecule has 32 heavy (non-hydrogen) atoms. The third-order valence-electron chi connectivity index (χ3n) is 5.84. The lowest BCUT2D eigenvalue weighted by atomic mass is 10.0. The van der Waals surface area contributed by atoms with Crippen molar-refractivity contribution in [3.8, 4) is 0 Å². The molecule has 0 unspecified atom stereocenters. The normalized spacial score (nSPS) is 19.2. The van der Waals surface area contributed by atoms with E-state index in [1.165, 1.54) is 16.4 Å². The minimum absolute atomic E-state index is 0.0300. The number of fused-ring (bicyclic) bond motifs is 1. The molecule has 2 aliphatic rings. The molecule has 4 rings (SSSR count). The second-order valence-corrected chi connectivity index (χ2v) is 10.2. The second-order valence-electron chi connectivity index (χ2n) is 8.24. The minimum atomic E-state index is -3.56. The molecule has 0 radical (unpaired) electrons. The number of hydrogen-bond donors (Lipinski definition) is 1. The van der Waals surface area contributed by atoms with Crippen LogP contribution >= 0.6 is 0 Å². The number of carbonyl (C=O) groups is 3. The lowest BCUT2D eigenvalue weighted by Gasteiger charge is -2.30. The third kappa shape index (κ3) is 4.31. The van der Waals surface area contributed by atoms with Gasteiger partial charge in [-0.25, -0.2) is 8.42 Å².